The fraction of sp³-hybridized carbons (Fsp3) is 0.857. The van der Waals surface area contributed by atoms with Gasteiger partial charge in [0.05, 0.1) is 6.61 Å². The molecule has 204 valence electrons. The van der Waals surface area contributed by atoms with Gasteiger partial charge in [0.2, 0.25) is 5.96 Å². The monoisotopic (exact) mass is 562 g/mol. The molecule has 0 radical (unpaired) electrons. The molecule has 2 heterocycles. The molecule has 0 fully saturated rings. The van der Waals surface area contributed by atoms with Crippen molar-refractivity contribution in [3.8, 4) is 0 Å². The predicted molar refractivity (Wildman–Crippen MR) is 90.9 cm³/mol. The lowest BCUT2D eigenvalue weighted by molar-refractivity contribution is -0.520. The fourth-order valence-electron chi connectivity index (χ4n) is 2.73. The summed E-state index contributed by atoms with van der Waals surface area (Å²) in [6, 6.07) is -2.58. The van der Waals surface area contributed by atoms with E-state index in [0.29, 0.717) is 0 Å². The van der Waals surface area contributed by atoms with Crippen LogP contribution in [0.15, 0.2) is 9.76 Å². The number of amidine groups is 1. The SMILES string of the molecule is CCO[P@@]1(=O)N=C(NC2=NC(C(F)(F)F)(C(F)(F)F)OC(C(F)(F)F)(C(F)(F)F)O2)N(C)C1(C)C. The highest BCUT2D eigenvalue weighted by molar-refractivity contribution is 7.59. The van der Waals surface area contributed by atoms with Gasteiger partial charge < -0.3 is 14.2 Å². The van der Waals surface area contributed by atoms with E-state index < -0.39 is 61.0 Å². The molecule has 1 atom stereocenters. The summed E-state index contributed by atoms with van der Waals surface area (Å²) in [6.07, 6.45) is -28.1. The normalized spacial score (nSPS) is 26.7. The zero-order chi connectivity index (χ0) is 27.7. The Hall–Kier alpha value is -1.95. The van der Waals surface area contributed by atoms with Gasteiger partial charge in [0.15, 0.2) is 0 Å². The van der Waals surface area contributed by atoms with Crippen molar-refractivity contribution >= 4 is 19.5 Å². The number of hydrogen-bond donors (Lipinski definition) is 1. The van der Waals surface area contributed by atoms with E-state index in [1.165, 1.54) is 12.2 Å². The first kappa shape index (κ1) is 29.3. The maximum absolute atomic E-state index is 13.4. The van der Waals surface area contributed by atoms with Gasteiger partial charge in [0.1, 0.15) is 5.28 Å². The summed E-state index contributed by atoms with van der Waals surface area (Å²) in [4.78, 5) is 2.61. The van der Waals surface area contributed by atoms with Crippen LogP contribution in [0.4, 0.5) is 52.7 Å². The van der Waals surface area contributed by atoms with Crippen LogP contribution in [0.1, 0.15) is 20.8 Å². The molecule has 0 aliphatic carbocycles. The van der Waals surface area contributed by atoms with Crippen LogP contribution in [0, 0.1) is 0 Å². The van der Waals surface area contributed by atoms with Crippen LogP contribution in [0.3, 0.4) is 0 Å². The van der Waals surface area contributed by atoms with Crippen LogP contribution in [0.5, 0.6) is 0 Å². The number of nitrogens with one attached hydrogen (secondary N) is 1. The van der Waals surface area contributed by atoms with Crippen molar-refractivity contribution in [3.63, 3.8) is 0 Å². The van der Waals surface area contributed by atoms with Crippen LogP contribution in [0.25, 0.3) is 0 Å². The average molecular weight is 562 g/mol. The molecule has 0 aromatic carbocycles. The fourth-order valence-corrected chi connectivity index (χ4v) is 4.61. The van der Waals surface area contributed by atoms with E-state index in [0.717, 1.165) is 25.8 Å². The van der Waals surface area contributed by atoms with Crippen molar-refractivity contribution in [2.45, 2.75) is 62.3 Å². The Balaban J connectivity index is 2.81. The molecule has 0 spiro atoms. The largest absolute Gasteiger partial charge is 0.465 e. The van der Waals surface area contributed by atoms with Gasteiger partial charge in [0.25, 0.3) is 6.02 Å². The maximum atomic E-state index is 13.4. The quantitative estimate of drug-likeness (QED) is 0.382. The van der Waals surface area contributed by atoms with Gasteiger partial charge in [-0.1, -0.05) is 0 Å². The number of rotatable bonds is 2. The molecular weight excluding hydrogens is 547 g/mol. The molecule has 0 amide bonds. The molecule has 35 heavy (non-hydrogen) atoms. The Kier molecular flexibility index (Phi) is 6.71. The maximum Gasteiger partial charge on any atom is 0.465 e. The van der Waals surface area contributed by atoms with Crippen molar-refractivity contribution < 1.29 is 71.2 Å². The second kappa shape index (κ2) is 8.03. The van der Waals surface area contributed by atoms with Gasteiger partial charge in [-0.05, 0) is 20.8 Å². The summed E-state index contributed by atoms with van der Waals surface area (Å²) in [5.41, 5.74) is -6.39. The minimum atomic E-state index is -7.04. The first-order chi connectivity index (χ1) is 15.3. The highest BCUT2D eigenvalue weighted by atomic mass is 31.2. The Morgan fingerprint density at radius 2 is 1.40 bits per heavy atom. The van der Waals surface area contributed by atoms with Crippen LogP contribution in [0.2, 0.25) is 0 Å². The third kappa shape index (κ3) is 4.30. The average Bonchev–Trinajstić information content (AvgIpc) is 2.78. The first-order valence-corrected chi connectivity index (χ1v) is 10.5. The first-order valence-electron chi connectivity index (χ1n) is 8.93. The molecular formula is C14H15F12N4O4P. The second-order valence-electron chi connectivity index (χ2n) is 7.41. The molecule has 1 N–H and O–H groups in total. The highest BCUT2D eigenvalue weighted by Gasteiger charge is 2.87. The number of nitrogens with zero attached hydrogens (tertiary/aromatic N) is 3. The third-order valence-electron chi connectivity index (χ3n) is 4.88. The Bertz CT molecular complexity index is 925. The third-order valence-corrected chi connectivity index (χ3v) is 7.63. The van der Waals surface area contributed by atoms with Gasteiger partial charge in [-0.25, -0.2) is 0 Å². The molecule has 2 aliphatic rings. The predicted octanol–water partition coefficient (Wildman–Crippen LogP) is 4.89. The van der Waals surface area contributed by atoms with Gasteiger partial charge >= 0.3 is 43.7 Å². The Labute approximate surface area is 187 Å². The van der Waals surface area contributed by atoms with Gasteiger partial charge in [0, 0.05) is 7.05 Å². The minimum absolute atomic E-state index is 0.285. The van der Waals surface area contributed by atoms with Crippen LogP contribution in [-0.4, -0.2) is 72.0 Å². The molecule has 0 saturated carbocycles. The van der Waals surface area contributed by atoms with Crippen molar-refractivity contribution in [2.24, 2.45) is 9.76 Å². The molecule has 0 bridgehead atoms. The number of alkyl halides is 12. The van der Waals surface area contributed by atoms with Crippen LogP contribution in [-0.2, 0) is 18.6 Å². The van der Waals surface area contributed by atoms with E-state index in [1.807, 2.05) is 4.99 Å². The number of hydrogen-bond acceptors (Lipinski definition) is 7. The number of aliphatic imine (C=N–C) groups is 1. The summed E-state index contributed by atoms with van der Waals surface area (Å²) < 4.78 is 189. The van der Waals surface area contributed by atoms with Crippen molar-refractivity contribution in [1.29, 1.82) is 0 Å². The van der Waals surface area contributed by atoms with Crippen LogP contribution >= 0.6 is 7.52 Å². The number of ether oxygens (including phenoxy) is 2. The number of halogens is 12. The molecule has 0 aromatic heterocycles. The van der Waals surface area contributed by atoms with Crippen molar-refractivity contribution in [1.82, 2.24) is 10.2 Å². The summed E-state index contributed by atoms with van der Waals surface area (Å²) in [6.45, 7) is 3.34. The van der Waals surface area contributed by atoms with Gasteiger partial charge in [-0.15, -0.1) is 0 Å². The van der Waals surface area contributed by atoms with Gasteiger partial charge in [-0.2, -0.15) is 62.4 Å². The van der Waals surface area contributed by atoms with E-state index >= 15 is 0 Å². The van der Waals surface area contributed by atoms with E-state index in [-0.39, 0.29) is 6.61 Å². The summed E-state index contributed by atoms with van der Waals surface area (Å²) >= 11 is 0. The summed E-state index contributed by atoms with van der Waals surface area (Å²) in [7, 11) is -3.26. The molecule has 0 aromatic rings. The van der Waals surface area contributed by atoms with E-state index in [1.54, 1.807) is 0 Å². The lowest BCUT2D eigenvalue weighted by atomic mass is 10.1. The smallest absolute Gasteiger partial charge is 0.415 e. The highest BCUT2D eigenvalue weighted by Crippen LogP contribution is 2.65. The zero-order valence-electron chi connectivity index (χ0n) is 17.7. The molecule has 0 saturated heterocycles. The van der Waals surface area contributed by atoms with Crippen molar-refractivity contribution in [3.05, 3.63) is 0 Å². The minimum Gasteiger partial charge on any atom is -0.415 e. The molecule has 8 nitrogen and oxygen atoms in total. The standard InChI is InChI=1S/C14H15F12N4O4P/c1-5-32-35(31)8(2,3)30(4)6(29-35)27-7-28-9(11(15,16)17,12(18,19)20)34-10(33-7,13(21,22)23)14(24,25)26/h5H2,1-4H3,(H,27,28,29,31)/t35-/m1/s1. The van der Waals surface area contributed by atoms with Crippen molar-refractivity contribution in [2.75, 3.05) is 13.7 Å². The lowest BCUT2D eigenvalue weighted by Crippen LogP contribution is -2.74. The van der Waals surface area contributed by atoms with E-state index in [4.69, 9.17) is 4.52 Å². The van der Waals surface area contributed by atoms with Gasteiger partial charge in [-0.3, -0.25) is 14.6 Å². The van der Waals surface area contributed by atoms with E-state index in [9.17, 15) is 57.3 Å². The summed E-state index contributed by atoms with van der Waals surface area (Å²) in [5, 5.41) is -0.395. The van der Waals surface area contributed by atoms with E-state index in [2.05, 4.69) is 14.2 Å². The molecule has 21 heteroatoms. The number of guanidine groups is 1. The molecule has 0 unspecified atom stereocenters. The summed E-state index contributed by atoms with van der Waals surface area (Å²) in [5.74, 6) is -7.55. The molecule has 2 rings (SSSR count). The molecule has 2 aliphatic heterocycles. The topological polar surface area (TPSA) is 84.8 Å². The second-order valence-corrected chi connectivity index (χ2v) is 10.0. The lowest BCUT2D eigenvalue weighted by Gasteiger charge is -2.46. The Morgan fingerprint density at radius 3 is 1.77 bits per heavy atom. The Morgan fingerprint density at radius 1 is 0.943 bits per heavy atom. The van der Waals surface area contributed by atoms with Crippen LogP contribution < -0.4 is 5.32 Å². The zero-order valence-corrected chi connectivity index (χ0v) is 18.6.